The molecule has 2 aromatic heterocycles. The molecule has 2 N–H and O–H groups in total. The van der Waals surface area contributed by atoms with Crippen molar-refractivity contribution in [2.24, 2.45) is 0 Å². The maximum Gasteiger partial charge on any atom is 0.255 e. The Morgan fingerprint density at radius 2 is 2.16 bits per heavy atom. The second-order valence-electron chi connectivity index (χ2n) is 4.62. The van der Waals surface area contributed by atoms with Crippen LogP contribution in [0.25, 0.3) is 0 Å². The zero-order valence-corrected chi connectivity index (χ0v) is 11.6. The fourth-order valence-corrected chi connectivity index (χ4v) is 2.07. The van der Waals surface area contributed by atoms with E-state index in [1.54, 1.807) is 13.1 Å². The summed E-state index contributed by atoms with van der Waals surface area (Å²) in [5, 5.41) is 3.21. The number of hydrogen-bond donors (Lipinski definition) is 2. The van der Waals surface area contributed by atoms with Crippen molar-refractivity contribution < 1.29 is 4.42 Å². The Kier molecular flexibility index (Phi) is 3.80. The molecule has 0 fully saturated rings. The van der Waals surface area contributed by atoms with Gasteiger partial charge in [-0.3, -0.25) is 4.79 Å². The minimum absolute atomic E-state index is 0.103. The van der Waals surface area contributed by atoms with Crippen LogP contribution in [0, 0.1) is 20.8 Å². The smallest absolute Gasteiger partial charge is 0.255 e. The lowest BCUT2D eigenvalue weighted by Crippen LogP contribution is -2.27. The van der Waals surface area contributed by atoms with Gasteiger partial charge < -0.3 is 14.7 Å². The molecule has 6 heteroatoms. The van der Waals surface area contributed by atoms with Crippen molar-refractivity contribution in [3.8, 4) is 0 Å². The molecule has 0 saturated heterocycles. The predicted octanol–water partition coefficient (Wildman–Crippen LogP) is 1.53. The zero-order chi connectivity index (χ0) is 14.0. The highest BCUT2D eigenvalue weighted by molar-refractivity contribution is 5.20. The lowest BCUT2D eigenvalue weighted by molar-refractivity contribution is 0.430. The van der Waals surface area contributed by atoms with Crippen LogP contribution in [0.1, 0.15) is 41.7 Å². The molecule has 102 valence electrons. The SMILES string of the molecule is Cc1nc(C)c(C(C)NCc2ncc(C)o2)c(=O)[nH]1. The predicted molar refractivity (Wildman–Crippen MR) is 70.8 cm³/mol. The Hall–Kier alpha value is -1.95. The summed E-state index contributed by atoms with van der Waals surface area (Å²) in [7, 11) is 0. The summed E-state index contributed by atoms with van der Waals surface area (Å²) in [6.45, 7) is 7.85. The quantitative estimate of drug-likeness (QED) is 0.873. The molecule has 2 rings (SSSR count). The summed E-state index contributed by atoms with van der Waals surface area (Å²) in [6, 6.07) is -0.121. The summed E-state index contributed by atoms with van der Waals surface area (Å²) < 4.78 is 5.37. The third kappa shape index (κ3) is 3.08. The van der Waals surface area contributed by atoms with Crippen LogP contribution in [0.15, 0.2) is 15.4 Å². The number of rotatable bonds is 4. The van der Waals surface area contributed by atoms with Crippen LogP contribution in [-0.2, 0) is 6.54 Å². The Bertz CT molecular complexity index is 630. The van der Waals surface area contributed by atoms with Gasteiger partial charge in [0.2, 0.25) is 5.89 Å². The van der Waals surface area contributed by atoms with Gasteiger partial charge in [0.05, 0.1) is 18.3 Å². The number of aryl methyl sites for hydroxylation is 3. The number of hydrogen-bond acceptors (Lipinski definition) is 5. The normalized spacial score (nSPS) is 12.6. The largest absolute Gasteiger partial charge is 0.445 e. The van der Waals surface area contributed by atoms with E-state index in [0.29, 0.717) is 23.8 Å². The number of oxazole rings is 1. The van der Waals surface area contributed by atoms with Gasteiger partial charge in [-0.2, -0.15) is 0 Å². The Morgan fingerprint density at radius 3 is 2.74 bits per heavy atom. The molecule has 1 unspecified atom stereocenters. The Labute approximate surface area is 111 Å². The summed E-state index contributed by atoms with van der Waals surface area (Å²) in [5.41, 5.74) is 1.28. The van der Waals surface area contributed by atoms with E-state index in [1.165, 1.54) is 0 Å². The van der Waals surface area contributed by atoms with E-state index in [2.05, 4.69) is 20.3 Å². The maximum absolute atomic E-state index is 11.9. The highest BCUT2D eigenvalue weighted by atomic mass is 16.4. The minimum Gasteiger partial charge on any atom is -0.445 e. The van der Waals surface area contributed by atoms with Crippen LogP contribution < -0.4 is 10.9 Å². The topological polar surface area (TPSA) is 83.8 Å². The van der Waals surface area contributed by atoms with Gasteiger partial charge in [-0.05, 0) is 27.7 Å². The van der Waals surface area contributed by atoms with Crippen molar-refractivity contribution >= 4 is 0 Å². The third-order valence-corrected chi connectivity index (χ3v) is 2.93. The van der Waals surface area contributed by atoms with Gasteiger partial charge in [-0.15, -0.1) is 0 Å². The van der Waals surface area contributed by atoms with Crippen LogP contribution in [0.2, 0.25) is 0 Å². The van der Waals surface area contributed by atoms with E-state index in [9.17, 15) is 4.79 Å². The summed E-state index contributed by atoms with van der Waals surface area (Å²) >= 11 is 0. The molecular formula is C13H18N4O2. The van der Waals surface area contributed by atoms with E-state index < -0.39 is 0 Å². The molecule has 2 heterocycles. The molecule has 1 atom stereocenters. The average Bonchev–Trinajstić information content (AvgIpc) is 2.71. The lowest BCUT2D eigenvalue weighted by atomic mass is 10.1. The van der Waals surface area contributed by atoms with Crippen LogP contribution in [0.4, 0.5) is 0 Å². The number of nitrogens with zero attached hydrogens (tertiary/aromatic N) is 2. The van der Waals surface area contributed by atoms with Crippen LogP contribution in [0.5, 0.6) is 0 Å². The standard InChI is InChI=1S/C13H18N4O2/c1-7-5-15-11(19-7)6-14-8(2)12-9(3)16-10(4)17-13(12)18/h5,8,14H,6H2,1-4H3,(H,16,17,18). The molecule has 2 aromatic rings. The number of H-pyrrole nitrogens is 1. The monoisotopic (exact) mass is 262 g/mol. The highest BCUT2D eigenvalue weighted by Crippen LogP contribution is 2.12. The highest BCUT2D eigenvalue weighted by Gasteiger charge is 2.14. The van der Waals surface area contributed by atoms with Crippen molar-refractivity contribution in [2.75, 3.05) is 0 Å². The van der Waals surface area contributed by atoms with Crippen LogP contribution >= 0.6 is 0 Å². The lowest BCUT2D eigenvalue weighted by Gasteiger charge is -2.14. The fraction of sp³-hybridized carbons (Fsp3) is 0.462. The van der Waals surface area contributed by atoms with Gasteiger partial charge in [0.1, 0.15) is 11.6 Å². The molecule has 0 spiro atoms. The van der Waals surface area contributed by atoms with Crippen LogP contribution in [-0.4, -0.2) is 15.0 Å². The molecule has 0 aliphatic carbocycles. The van der Waals surface area contributed by atoms with E-state index in [-0.39, 0.29) is 11.6 Å². The van der Waals surface area contributed by atoms with Gasteiger partial charge in [0.25, 0.3) is 5.56 Å². The van der Waals surface area contributed by atoms with E-state index in [4.69, 9.17) is 4.42 Å². The molecule has 0 saturated carbocycles. The molecule has 0 radical (unpaired) electrons. The van der Waals surface area contributed by atoms with Gasteiger partial charge in [-0.25, -0.2) is 9.97 Å². The van der Waals surface area contributed by atoms with Gasteiger partial charge in [0.15, 0.2) is 0 Å². The summed E-state index contributed by atoms with van der Waals surface area (Å²) in [4.78, 5) is 23.0. The van der Waals surface area contributed by atoms with Crippen LogP contribution in [0.3, 0.4) is 0 Å². The zero-order valence-electron chi connectivity index (χ0n) is 11.6. The third-order valence-electron chi connectivity index (χ3n) is 2.93. The van der Waals surface area contributed by atoms with Crippen molar-refractivity contribution in [1.82, 2.24) is 20.3 Å². The van der Waals surface area contributed by atoms with E-state index in [0.717, 1.165) is 11.5 Å². The molecule has 0 bridgehead atoms. The first kappa shape index (κ1) is 13.5. The molecule has 6 nitrogen and oxygen atoms in total. The average molecular weight is 262 g/mol. The molecule has 0 aliphatic rings. The van der Waals surface area contributed by atoms with Crippen molar-refractivity contribution in [2.45, 2.75) is 40.3 Å². The Balaban J connectivity index is 2.12. The first-order chi connectivity index (χ1) is 8.97. The number of aromatic amines is 1. The first-order valence-electron chi connectivity index (χ1n) is 6.19. The van der Waals surface area contributed by atoms with E-state index in [1.807, 2.05) is 20.8 Å². The summed E-state index contributed by atoms with van der Waals surface area (Å²) in [5.74, 6) is 2.01. The molecule has 0 aromatic carbocycles. The minimum atomic E-state index is -0.121. The second-order valence-corrected chi connectivity index (χ2v) is 4.62. The van der Waals surface area contributed by atoms with Crippen molar-refractivity contribution in [1.29, 1.82) is 0 Å². The molecule has 19 heavy (non-hydrogen) atoms. The summed E-state index contributed by atoms with van der Waals surface area (Å²) in [6.07, 6.45) is 1.67. The Morgan fingerprint density at radius 1 is 1.42 bits per heavy atom. The fourth-order valence-electron chi connectivity index (χ4n) is 2.07. The maximum atomic E-state index is 11.9. The van der Waals surface area contributed by atoms with Crippen molar-refractivity contribution in [3.63, 3.8) is 0 Å². The van der Waals surface area contributed by atoms with Crippen molar-refractivity contribution in [3.05, 3.63) is 45.3 Å². The number of aromatic nitrogens is 3. The molecule has 0 amide bonds. The number of nitrogens with one attached hydrogen (secondary N) is 2. The van der Waals surface area contributed by atoms with E-state index >= 15 is 0 Å². The van der Waals surface area contributed by atoms with Gasteiger partial charge >= 0.3 is 0 Å². The van der Waals surface area contributed by atoms with Gasteiger partial charge in [-0.1, -0.05) is 0 Å². The first-order valence-corrected chi connectivity index (χ1v) is 6.19. The molecular weight excluding hydrogens is 244 g/mol. The second kappa shape index (κ2) is 5.36. The molecule has 0 aliphatic heterocycles. The van der Waals surface area contributed by atoms with Gasteiger partial charge in [0, 0.05) is 11.7 Å².